The highest BCUT2D eigenvalue weighted by atomic mass is 32.2. The predicted octanol–water partition coefficient (Wildman–Crippen LogP) is 2.96. The molecule has 18 heavy (non-hydrogen) atoms. The Hall–Kier alpha value is -1.16. The summed E-state index contributed by atoms with van der Waals surface area (Å²) in [5, 5.41) is 2.87. The molecule has 0 saturated carbocycles. The Morgan fingerprint density at radius 2 is 2.06 bits per heavy atom. The molecule has 0 aliphatic carbocycles. The molecule has 3 nitrogen and oxygen atoms in total. The van der Waals surface area contributed by atoms with Gasteiger partial charge in [-0.05, 0) is 36.9 Å². The van der Waals surface area contributed by atoms with E-state index in [0.717, 1.165) is 31.0 Å². The number of rotatable bonds is 8. The number of benzene rings is 1. The predicted molar refractivity (Wildman–Crippen MR) is 77.6 cm³/mol. The van der Waals surface area contributed by atoms with Crippen LogP contribution in [0.1, 0.15) is 30.1 Å². The Morgan fingerprint density at radius 3 is 2.67 bits per heavy atom. The molecule has 0 bridgehead atoms. The molecule has 0 spiro atoms. The van der Waals surface area contributed by atoms with Crippen LogP contribution in [-0.4, -0.2) is 31.1 Å². The largest absolute Gasteiger partial charge is 0.494 e. The molecule has 0 unspecified atom stereocenters. The molecule has 0 atom stereocenters. The molecular formula is C14H21NO2S. The zero-order valence-electron chi connectivity index (χ0n) is 11.1. The van der Waals surface area contributed by atoms with Crippen molar-refractivity contribution < 1.29 is 9.53 Å². The first-order valence-corrected chi connectivity index (χ1v) is 7.67. The van der Waals surface area contributed by atoms with Crippen molar-refractivity contribution in [1.82, 2.24) is 5.32 Å². The van der Waals surface area contributed by atoms with Crippen LogP contribution in [0.15, 0.2) is 24.3 Å². The van der Waals surface area contributed by atoms with Gasteiger partial charge >= 0.3 is 0 Å². The molecule has 0 aliphatic heterocycles. The number of carbonyl (C=O) groups is 1. The van der Waals surface area contributed by atoms with E-state index in [-0.39, 0.29) is 5.91 Å². The van der Waals surface area contributed by atoms with Crippen LogP contribution in [0, 0.1) is 0 Å². The Morgan fingerprint density at radius 1 is 1.33 bits per heavy atom. The lowest BCUT2D eigenvalue weighted by molar-refractivity contribution is 0.0956. The number of thioether (sulfide) groups is 1. The third-order valence-corrected chi connectivity index (χ3v) is 3.09. The Balaban J connectivity index is 2.41. The molecule has 1 amide bonds. The number of hydrogen-bond donors (Lipinski definition) is 1. The zero-order valence-corrected chi connectivity index (χ0v) is 11.9. The quantitative estimate of drug-likeness (QED) is 0.736. The summed E-state index contributed by atoms with van der Waals surface area (Å²) in [6, 6.07) is 7.30. The standard InChI is InChI=1S/C14H21NO2S/c1-3-4-10-17-13-7-5-12(6-8-13)14(16)15-9-11-18-2/h5-8H,3-4,9-11H2,1-2H3,(H,15,16). The van der Waals surface area contributed by atoms with Crippen molar-refractivity contribution in [3.63, 3.8) is 0 Å². The van der Waals surface area contributed by atoms with Gasteiger partial charge in [0, 0.05) is 17.9 Å². The summed E-state index contributed by atoms with van der Waals surface area (Å²) in [6.07, 6.45) is 4.20. The molecule has 0 radical (unpaired) electrons. The van der Waals surface area contributed by atoms with Crippen molar-refractivity contribution in [3.8, 4) is 5.75 Å². The van der Waals surface area contributed by atoms with Crippen molar-refractivity contribution in [2.24, 2.45) is 0 Å². The van der Waals surface area contributed by atoms with Gasteiger partial charge in [0.15, 0.2) is 0 Å². The van der Waals surface area contributed by atoms with Crippen LogP contribution in [0.25, 0.3) is 0 Å². The van der Waals surface area contributed by atoms with E-state index in [1.165, 1.54) is 0 Å². The van der Waals surface area contributed by atoms with Gasteiger partial charge < -0.3 is 10.1 Å². The van der Waals surface area contributed by atoms with Crippen molar-refractivity contribution in [1.29, 1.82) is 0 Å². The first kappa shape index (κ1) is 14.9. The Kier molecular flexibility index (Phi) is 7.34. The molecule has 0 saturated heterocycles. The summed E-state index contributed by atoms with van der Waals surface area (Å²) in [7, 11) is 0. The molecule has 1 aromatic carbocycles. The van der Waals surface area contributed by atoms with Gasteiger partial charge in [0.25, 0.3) is 5.91 Å². The van der Waals surface area contributed by atoms with Crippen LogP contribution < -0.4 is 10.1 Å². The second-order valence-corrected chi connectivity index (χ2v) is 4.96. The van der Waals surface area contributed by atoms with Crippen LogP contribution in [0.4, 0.5) is 0 Å². The van der Waals surface area contributed by atoms with Crippen molar-refractivity contribution >= 4 is 17.7 Å². The lowest BCUT2D eigenvalue weighted by atomic mass is 10.2. The van der Waals surface area contributed by atoms with Crippen LogP contribution in [-0.2, 0) is 0 Å². The fraction of sp³-hybridized carbons (Fsp3) is 0.500. The lowest BCUT2D eigenvalue weighted by Gasteiger charge is -2.07. The fourth-order valence-corrected chi connectivity index (χ4v) is 1.71. The third-order valence-electron chi connectivity index (χ3n) is 2.47. The molecular weight excluding hydrogens is 246 g/mol. The lowest BCUT2D eigenvalue weighted by Crippen LogP contribution is -2.25. The SMILES string of the molecule is CCCCOc1ccc(C(=O)NCCSC)cc1. The highest BCUT2D eigenvalue weighted by Gasteiger charge is 2.04. The minimum absolute atomic E-state index is 0.0239. The second kappa shape index (κ2) is 8.86. The average Bonchev–Trinajstić information content (AvgIpc) is 2.40. The Bertz CT molecular complexity index is 351. The first-order valence-electron chi connectivity index (χ1n) is 6.28. The minimum Gasteiger partial charge on any atom is -0.494 e. The highest BCUT2D eigenvalue weighted by Crippen LogP contribution is 2.12. The maximum Gasteiger partial charge on any atom is 0.251 e. The molecule has 0 heterocycles. The highest BCUT2D eigenvalue weighted by molar-refractivity contribution is 7.98. The van der Waals surface area contributed by atoms with Crippen LogP contribution in [0.2, 0.25) is 0 Å². The van der Waals surface area contributed by atoms with E-state index in [1.807, 2.05) is 18.4 Å². The zero-order chi connectivity index (χ0) is 13.2. The maximum absolute atomic E-state index is 11.7. The van der Waals surface area contributed by atoms with Crippen LogP contribution >= 0.6 is 11.8 Å². The van der Waals surface area contributed by atoms with Gasteiger partial charge in [-0.25, -0.2) is 0 Å². The minimum atomic E-state index is -0.0239. The summed E-state index contributed by atoms with van der Waals surface area (Å²) in [5.74, 6) is 1.73. The van der Waals surface area contributed by atoms with Gasteiger partial charge in [0.1, 0.15) is 5.75 Å². The Labute approximate surface area is 113 Å². The second-order valence-electron chi connectivity index (χ2n) is 3.98. The number of unbranched alkanes of at least 4 members (excludes halogenated alkanes) is 1. The van der Waals surface area contributed by atoms with Crippen LogP contribution in [0.5, 0.6) is 5.75 Å². The van der Waals surface area contributed by atoms with Gasteiger partial charge in [-0.2, -0.15) is 11.8 Å². The topological polar surface area (TPSA) is 38.3 Å². The van der Waals surface area contributed by atoms with Gasteiger partial charge in [-0.3, -0.25) is 4.79 Å². The summed E-state index contributed by atoms with van der Waals surface area (Å²) < 4.78 is 5.54. The molecule has 4 heteroatoms. The molecule has 100 valence electrons. The fourth-order valence-electron chi connectivity index (χ4n) is 1.41. The van der Waals surface area contributed by atoms with Gasteiger partial charge in [-0.1, -0.05) is 13.3 Å². The number of carbonyl (C=O) groups excluding carboxylic acids is 1. The molecule has 0 aromatic heterocycles. The molecule has 1 rings (SSSR count). The first-order chi connectivity index (χ1) is 8.77. The van der Waals surface area contributed by atoms with Gasteiger partial charge in [0.2, 0.25) is 0 Å². The monoisotopic (exact) mass is 267 g/mol. The van der Waals surface area contributed by atoms with Crippen LogP contribution in [0.3, 0.4) is 0 Å². The van der Waals surface area contributed by atoms with Crippen molar-refractivity contribution in [2.45, 2.75) is 19.8 Å². The van der Waals surface area contributed by atoms with E-state index >= 15 is 0 Å². The number of ether oxygens (including phenoxy) is 1. The molecule has 0 aliphatic rings. The number of nitrogens with one attached hydrogen (secondary N) is 1. The summed E-state index contributed by atoms with van der Waals surface area (Å²) in [5.41, 5.74) is 0.680. The summed E-state index contributed by atoms with van der Waals surface area (Å²) >= 11 is 1.72. The molecule has 1 N–H and O–H groups in total. The van der Waals surface area contributed by atoms with E-state index < -0.39 is 0 Å². The number of hydrogen-bond acceptors (Lipinski definition) is 3. The van der Waals surface area contributed by atoms with E-state index in [2.05, 4.69) is 12.2 Å². The van der Waals surface area contributed by atoms with Crippen molar-refractivity contribution in [2.75, 3.05) is 25.2 Å². The van der Waals surface area contributed by atoms with E-state index in [9.17, 15) is 4.79 Å². The molecule has 0 fully saturated rings. The average molecular weight is 267 g/mol. The van der Waals surface area contributed by atoms with E-state index in [0.29, 0.717) is 12.1 Å². The number of amides is 1. The smallest absolute Gasteiger partial charge is 0.251 e. The van der Waals surface area contributed by atoms with E-state index in [4.69, 9.17) is 4.74 Å². The normalized spacial score (nSPS) is 10.1. The third kappa shape index (κ3) is 5.45. The molecule has 1 aromatic rings. The van der Waals surface area contributed by atoms with Crippen molar-refractivity contribution in [3.05, 3.63) is 29.8 Å². The maximum atomic E-state index is 11.7. The van der Waals surface area contributed by atoms with E-state index in [1.54, 1.807) is 23.9 Å². The van der Waals surface area contributed by atoms with Gasteiger partial charge in [-0.15, -0.1) is 0 Å². The van der Waals surface area contributed by atoms with Gasteiger partial charge in [0.05, 0.1) is 6.61 Å². The summed E-state index contributed by atoms with van der Waals surface area (Å²) in [6.45, 7) is 3.57. The summed E-state index contributed by atoms with van der Waals surface area (Å²) in [4.78, 5) is 11.7.